The third kappa shape index (κ3) is 3.02. The minimum atomic E-state index is -1.38. The Morgan fingerprint density at radius 2 is 2.04 bits per heavy atom. The molecule has 6 nitrogen and oxygen atoms in total. The number of aliphatic hydroxyl groups excluding tert-OH is 1. The lowest BCUT2D eigenvalue weighted by atomic mass is 10.1. The molecule has 0 spiro atoms. The smallest absolute Gasteiger partial charge is 0.352 e. The zero-order chi connectivity index (χ0) is 17.3. The molecule has 0 amide bonds. The van der Waals surface area contributed by atoms with Gasteiger partial charge in [-0.3, -0.25) is 4.79 Å². The summed E-state index contributed by atoms with van der Waals surface area (Å²) >= 11 is 0. The second-order valence-electron chi connectivity index (χ2n) is 5.12. The van der Waals surface area contributed by atoms with E-state index in [-0.39, 0.29) is 29.7 Å². The van der Waals surface area contributed by atoms with E-state index < -0.39 is 34.8 Å². The van der Waals surface area contributed by atoms with Crippen molar-refractivity contribution in [2.45, 2.75) is 26.5 Å². The molecule has 8 heteroatoms. The van der Waals surface area contributed by atoms with Crippen LogP contribution in [0.2, 0.25) is 0 Å². The largest absolute Gasteiger partial charge is 0.477 e. The summed E-state index contributed by atoms with van der Waals surface area (Å²) in [5.41, 5.74) is -1.95. The molecule has 1 heterocycles. The number of fused-ring (bicyclic) bond motifs is 1. The molecule has 0 fully saturated rings. The summed E-state index contributed by atoms with van der Waals surface area (Å²) < 4.78 is 29.9. The van der Waals surface area contributed by atoms with Crippen LogP contribution in [0.4, 0.5) is 14.5 Å². The first-order valence-electron chi connectivity index (χ1n) is 6.98. The third-order valence-corrected chi connectivity index (χ3v) is 3.40. The van der Waals surface area contributed by atoms with Crippen LogP contribution in [0.15, 0.2) is 16.9 Å². The monoisotopic (exact) mass is 326 g/mol. The molecular weight excluding hydrogens is 310 g/mol. The number of nitrogens with zero attached hydrogens (tertiary/aromatic N) is 1. The van der Waals surface area contributed by atoms with E-state index in [1.165, 1.54) is 6.92 Å². The maximum atomic E-state index is 14.7. The van der Waals surface area contributed by atoms with Gasteiger partial charge in [0.05, 0.1) is 17.0 Å². The minimum Gasteiger partial charge on any atom is -0.477 e. The van der Waals surface area contributed by atoms with Crippen molar-refractivity contribution >= 4 is 22.6 Å². The quantitative estimate of drug-likeness (QED) is 0.779. The van der Waals surface area contributed by atoms with Crippen LogP contribution < -0.4 is 10.7 Å². The maximum Gasteiger partial charge on any atom is 0.352 e. The fourth-order valence-electron chi connectivity index (χ4n) is 2.38. The molecule has 1 unspecified atom stereocenters. The van der Waals surface area contributed by atoms with Crippen LogP contribution in [0, 0.1) is 11.6 Å². The zero-order valence-corrected chi connectivity index (χ0v) is 12.6. The van der Waals surface area contributed by atoms with Crippen molar-refractivity contribution in [2.24, 2.45) is 0 Å². The van der Waals surface area contributed by atoms with Gasteiger partial charge in [-0.1, -0.05) is 0 Å². The Hall–Kier alpha value is -2.48. The molecule has 124 valence electrons. The summed E-state index contributed by atoms with van der Waals surface area (Å²) in [6.07, 6.45) is -0.844. The topological polar surface area (TPSA) is 91.6 Å². The molecule has 0 bridgehead atoms. The van der Waals surface area contributed by atoms with Gasteiger partial charge in [-0.15, -0.1) is 0 Å². The highest BCUT2D eigenvalue weighted by Crippen LogP contribution is 2.27. The Bertz CT molecular complexity index is 831. The van der Waals surface area contributed by atoms with Crippen LogP contribution >= 0.6 is 0 Å². The predicted octanol–water partition coefficient (Wildman–Crippen LogP) is 1.79. The number of carboxylic acids is 1. The van der Waals surface area contributed by atoms with E-state index in [0.29, 0.717) is 0 Å². The Morgan fingerprint density at radius 3 is 2.57 bits per heavy atom. The standard InChI is InChI=1S/C15H16F2N2O4/c1-3-19-10(15(22)23)5-11(21)8-4-9(16)13(12(17)14(8)19)18-6-7(2)20/h4-5,7,18,20H,3,6H2,1-2H3,(H,22,23). The molecule has 2 rings (SSSR count). The van der Waals surface area contributed by atoms with E-state index in [9.17, 15) is 23.5 Å². The van der Waals surface area contributed by atoms with Crippen LogP contribution in [0.1, 0.15) is 24.3 Å². The van der Waals surface area contributed by atoms with Crippen molar-refractivity contribution in [3.63, 3.8) is 0 Å². The Labute approximate surface area is 130 Å². The summed E-state index contributed by atoms with van der Waals surface area (Å²) in [5.74, 6) is -3.44. The number of aromatic nitrogens is 1. The number of pyridine rings is 1. The van der Waals surface area contributed by atoms with Gasteiger partial charge in [0.2, 0.25) is 0 Å². The lowest BCUT2D eigenvalue weighted by molar-refractivity contribution is 0.0685. The van der Waals surface area contributed by atoms with Gasteiger partial charge < -0.3 is 20.1 Å². The summed E-state index contributed by atoms with van der Waals surface area (Å²) in [5, 5.41) is 20.6. The molecule has 0 aliphatic heterocycles. The van der Waals surface area contributed by atoms with Crippen molar-refractivity contribution < 1.29 is 23.8 Å². The van der Waals surface area contributed by atoms with Crippen molar-refractivity contribution in [2.75, 3.05) is 11.9 Å². The van der Waals surface area contributed by atoms with Crippen molar-refractivity contribution in [3.8, 4) is 0 Å². The van der Waals surface area contributed by atoms with Gasteiger partial charge in [0, 0.05) is 19.2 Å². The van der Waals surface area contributed by atoms with Gasteiger partial charge in [-0.25, -0.2) is 13.6 Å². The lowest BCUT2D eigenvalue weighted by Crippen LogP contribution is -2.21. The zero-order valence-electron chi connectivity index (χ0n) is 12.6. The first-order valence-corrected chi connectivity index (χ1v) is 6.98. The molecule has 23 heavy (non-hydrogen) atoms. The number of aryl methyl sites for hydroxylation is 1. The molecule has 0 aliphatic rings. The van der Waals surface area contributed by atoms with Crippen LogP contribution in [0.25, 0.3) is 10.9 Å². The summed E-state index contributed by atoms with van der Waals surface area (Å²) in [4.78, 5) is 23.2. The fourth-order valence-corrected chi connectivity index (χ4v) is 2.38. The van der Waals surface area contributed by atoms with Gasteiger partial charge in [-0.2, -0.15) is 0 Å². The van der Waals surface area contributed by atoms with E-state index >= 15 is 0 Å². The lowest BCUT2D eigenvalue weighted by Gasteiger charge is -2.17. The van der Waals surface area contributed by atoms with E-state index in [1.54, 1.807) is 6.92 Å². The molecule has 0 saturated carbocycles. The number of carboxylic acid groups (broad SMARTS) is 1. The number of hydrogen-bond acceptors (Lipinski definition) is 4. The van der Waals surface area contributed by atoms with E-state index in [4.69, 9.17) is 5.11 Å². The Kier molecular flexibility index (Phi) is 4.65. The van der Waals surface area contributed by atoms with Crippen molar-refractivity contribution in [3.05, 3.63) is 39.7 Å². The average molecular weight is 326 g/mol. The number of aliphatic hydroxyl groups is 1. The summed E-state index contributed by atoms with van der Waals surface area (Å²) in [6, 6.07) is 1.71. The molecule has 2 aromatic rings. The van der Waals surface area contributed by atoms with Gasteiger partial charge in [-0.05, 0) is 19.9 Å². The highest BCUT2D eigenvalue weighted by Gasteiger charge is 2.21. The van der Waals surface area contributed by atoms with Crippen molar-refractivity contribution in [1.82, 2.24) is 4.57 Å². The third-order valence-electron chi connectivity index (χ3n) is 3.40. The highest BCUT2D eigenvalue weighted by atomic mass is 19.1. The molecular formula is C15H16F2N2O4. The number of benzene rings is 1. The number of halogens is 2. The number of nitrogens with one attached hydrogen (secondary N) is 1. The van der Waals surface area contributed by atoms with Crippen LogP contribution in [0.5, 0.6) is 0 Å². The molecule has 0 radical (unpaired) electrons. The number of anilines is 1. The molecule has 1 aromatic carbocycles. The predicted molar refractivity (Wildman–Crippen MR) is 80.9 cm³/mol. The van der Waals surface area contributed by atoms with E-state index in [2.05, 4.69) is 5.32 Å². The normalized spacial score (nSPS) is 12.4. The number of hydrogen-bond donors (Lipinski definition) is 3. The minimum absolute atomic E-state index is 0.0802. The average Bonchev–Trinajstić information content (AvgIpc) is 2.47. The van der Waals surface area contributed by atoms with E-state index in [0.717, 1.165) is 16.7 Å². The molecule has 0 saturated heterocycles. The second kappa shape index (κ2) is 6.33. The van der Waals surface area contributed by atoms with Crippen LogP contribution in [0.3, 0.4) is 0 Å². The van der Waals surface area contributed by atoms with Gasteiger partial charge in [0.15, 0.2) is 11.2 Å². The first kappa shape index (κ1) is 16.9. The number of carbonyl (C=O) groups is 1. The van der Waals surface area contributed by atoms with Gasteiger partial charge >= 0.3 is 5.97 Å². The van der Waals surface area contributed by atoms with Crippen molar-refractivity contribution in [1.29, 1.82) is 0 Å². The van der Waals surface area contributed by atoms with Crippen LogP contribution in [-0.2, 0) is 6.54 Å². The Morgan fingerprint density at radius 1 is 1.39 bits per heavy atom. The van der Waals surface area contributed by atoms with Gasteiger partial charge in [0.25, 0.3) is 0 Å². The SMILES string of the molecule is CCn1c(C(=O)O)cc(=O)c2cc(F)c(NCC(C)O)c(F)c21. The van der Waals surface area contributed by atoms with Gasteiger partial charge in [0.1, 0.15) is 17.2 Å². The van der Waals surface area contributed by atoms with Crippen LogP contribution in [-0.4, -0.2) is 33.4 Å². The summed E-state index contributed by atoms with van der Waals surface area (Å²) in [7, 11) is 0. The number of rotatable bonds is 5. The number of aromatic carboxylic acids is 1. The molecule has 0 aliphatic carbocycles. The molecule has 3 N–H and O–H groups in total. The van der Waals surface area contributed by atoms with E-state index in [1.807, 2.05) is 0 Å². The highest BCUT2D eigenvalue weighted by molar-refractivity contribution is 5.92. The fraction of sp³-hybridized carbons (Fsp3) is 0.333. The Balaban J connectivity index is 2.84. The molecule has 1 aromatic heterocycles. The first-order chi connectivity index (χ1) is 10.8. The maximum absolute atomic E-state index is 14.7. The summed E-state index contributed by atoms with van der Waals surface area (Å²) in [6.45, 7) is 3.00. The molecule has 1 atom stereocenters. The second-order valence-corrected chi connectivity index (χ2v) is 5.12.